The van der Waals surface area contributed by atoms with Crippen LogP contribution in [0, 0.1) is 0 Å². The molecule has 0 aromatic rings. The summed E-state index contributed by atoms with van der Waals surface area (Å²) in [4.78, 5) is 33.1. The van der Waals surface area contributed by atoms with Crippen molar-refractivity contribution in [3.8, 4) is 0 Å². The summed E-state index contributed by atoms with van der Waals surface area (Å²) in [5.41, 5.74) is 0. The van der Waals surface area contributed by atoms with Gasteiger partial charge in [-0.3, -0.25) is 0 Å². The average Bonchev–Trinajstić information content (AvgIpc) is 2.11. The van der Waals surface area contributed by atoms with Gasteiger partial charge in [0.2, 0.25) is 0 Å². The Bertz CT molecular complexity index is 260. The van der Waals surface area contributed by atoms with Crippen molar-refractivity contribution >= 4 is 37.5 Å². The van der Waals surface area contributed by atoms with E-state index in [9.17, 15) is 14.4 Å². The molecule has 0 aliphatic carbocycles. The molecule has 0 rings (SSSR count). The average molecular weight is 353 g/mol. The van der Waals surface area contributed by atoms with E-state index in [2.05, 4.69) is 0 Å². The van der Waals surface area contributed by atoms with Crippen molar-refractivity contribution in [2.24, 2.45) is 0 Å². The van der Waals surface area contributed by atoms with Gasteiger partial charge in [0.25, 0.3) is 0 Å². The fraction of sp³-hybridized carbons (Fsp3) is 0.700. The molecule has 0 N–H and O–H groups in total. The summed E-state index contributed by atoms with van der Waals surface area (Å²) in [6.07, 6.45) is 1.49. The van der Waals surface area contributed by atoms with Gasteiger partial charge in [0.1, 0.15) is 0 Å². The summed E-state index contributed by atoms with van der Waals surface area (Å²) in [7, 11) is 0. The second kappa shape index (κ2) is 7.52. The van der Waals surface area contributed by atoms with Gasteiger partial charge in [0, 0.05) is 0 Å². The summed E-state index contributed by atoms with van der Waals surface area (Å²) in [6.45, 7) is 5.53. The van der Waals surface area contributed by atoms with Gasteiger partial charge in [0.15, 0.2) is 0 Å². The van der Waals surface area contributed by atoms with E-state index in [4.69, 9.17) is 9.22 Å². The van der Waals surface area contributed by atoms with Crippen LogP contribution in [0.2, 0.25) is 4.44 Å². The summed E-state index contributed by atoms with van der Waals surface area (Å²) < 4.78 is 15.5. The Morgan fingerprint density at radius 1 is 0.882 bits per heavy atom. The predicted octanol–water partition coefficient (Wildman–Crippen LogP) is 1.41. The molecule has 0 aliphatic heterocycles. The number of carbonyl (C=O) groups is 3. The molecule has 0 saturated carbocycles. The van der Waals surface area contributed by atoms with Crippen molar-refractivity contribution in [1.82, 2.24) is 0 Å². The first kappa shape index (κ1) is 16.2. The summed E-state index contributed by atoms with van der Waals surface area (Å²) in [5, 5.41) is 0. The van der Waals surface area contributed by atoms with Crippen LogP contribution < -0.4 is 0 Å². The van der Waals surface area contributed by atoms with Gasteiger partial charge < -0.3 is 0 Å². The van der Waals surface area contributed by atoms with Gasteiger partial charge in [0.05, 0.1) is 0 Å². The number of unbranched alkanes of at least 4 members (excludes halogenated alkanes) is 1. The van der Waals surface area contributed by atoms with Crippen molar-refractivity contribution in [2.75, 3.05) is 0 Å². The molecule has 0 unspecified atom stereocenters. The number of carbonyl (C=O) groups excluding carboxylic acids is 3. The zero-order valence-electron chi connectivity index (χ0n) is 10.6. The maximum absolute atomic E-state index is 11.0. The van der Waals surface area contributed by atoms with Crippen LogP contribution in [0.5, 0.6) is 0 Å². The second-order valence-corrected chi connectivity index (χ2v) is 10.6. The van der Waals surface area contributed by atoms with E-state index in [0.29, 0.717) is 10.9 Å². The molecule has 6 nitrogen and oxygen atoms in total. The molecule has 0 aromatic carbocycles. The Kier molecular flexibility index (Phi) is 7.17. The molecule has 0 fully saturated rings. The molecular weight excluding hydrogens is 335 g/mol. The van der Waals surface area contributed by atoms with Gasteiger partial charge in [-0.2, -0.15) is 0 Å². The van der Waals surface area contributed by atoms with Crippen molar-refractivity contribution < 1.29 is 23.6 Å². The van der Waals surface area contributed by atoms with Crippen LogP contribution in [-0.2, 0) is 23.6 Å². The van der Waals surface area contributed by atoms with Gasteiger partial charge in [-0.15, -0.1) is 0 Å². The summed E-state index contributed by atoms with van der Waals surface area (Å²) in [6, 6.07) is 0. The van der Waals surface area contributed by atoms with E-state index in [-0.39, 0.29) is 0 Å². The van der Waals surface area contributed by atoms with E-state index in [1.165, 1.54) is 20.8 Å². The zero-order chi connectivity index (χ0) is 13.5. The Hall–Kier alpha value is -0.791. The molecular formula is C10H18O6Sn. The molecule has 0 radical (unpaired) electrons. The molecule has 0 amide bonds. The van der Waals surface area contributed by atoms with Crippen molar-refractivity contribution in [3.05, 3.63) is 0 Å². The minimum atomic E-state index is -4.39. The SMILES string of the molecule is CCC[CH2][Sn]([O]C(C)=O)([O]C(C)=O)[O]C(C)=O. The summed E-state index contributed by atoms with van der Waals surface area (Å²) >= 11 is -4.39. The van der Waals surface area contributed by atoms with Crippen molar-refractivity contribution in [2.45, 2.75) is 45.0 Å². The third-order valence-corrected chi connectivity index (χ3v) is 9.62. The molecule has 98 valence electrons. The van der Waals surface area contributed by atoms with Crippen molar-refractivity contribution in [1.29, 1.82) is 0 Å². The van der Waals surface area contributed by atoms with E-state index in [0.717, 1.165) is 6.42 Å². The molecule has 0 aromatic heterocycles. The molecule has 17 heavy (non-hydrogen) atoms. The summed E-state index contributed by atoms with van der Waals surface area (Å²) in [5.74, 6) is -1.79. The first-order chi connectivity index (χ1) is 7.81. The molecule has 0 atom stereocenters. The third kappa shape index (κ3) is 7.19. The molecule has 7 heteroatoms. The van der Waals surface area contributed by atoms with Crippen LogP contribution >= 0.6 is 0 Å². The zero-order valence-corrected chi connectivity index (χ0v) is 13.4. The van der Waals surface area contributed by atoms with E-state index >= 15 is 0 Å². The minimum absolute atomic E-state index is 0.323. The third-order valence-electron chi connectivity index (χ3n) is 1.73. The van der Waals surface area contributed by atoms with Gasteiger partial charge in [-0.05, 0) is 0 Å². The van der Waals surface area contributed by atoms with Gasteiger partial charge in [-0.1, -0.05) is 0 Å². The number of hydrogen-bond donors (Lipinski definition) is 0. The second-order valence-electron chi connectivity index (χ2n) is 3.57. The molecule has 0 saturated heterocycles. The van der Waals surface area contributed by atoms with E-state index in [1.54, 1.807) is 0 Å². The normalized spacial score (nSPS) is 10.6. The number of rotatable bonds is 6. The Morgan fingerprint density at radius 3 is 1.47 bits per heavy atom. The topological polar surface area (TPSA) is 78.9 Å². The Morgan fingerprint density at radius 2 is 1.24 bits per heavy atom. The standard InChI is InChI=1S/C4H9.3C2H4O2.Sn/c1-3-4-2;3*1-2(3)4;/h1,3-4H2,2H3;3*1H3,(H,3,4);/q;;;;+3/p-3. The van der Waals surface area contributed by atoms with Gasteiger partial charge in [-0.25, -0.2) is 0 Å². The number of hydrogen-bond acceptors (Lipinski definition) is 6. The van der Waals surface area contributed by atoms with Crippen LogP contribution in [0.1, 0.15) is 40.5 Å². The quantitative estimate of drug-likeness (QED) is 0.672. The fourth-order valence-corrected chi connectivity index (χ4v) is 8.49. The first-order valence-corrected chi connectivity index (χ1v) is 10.9. The molecule has 0 heterocycles. The first-order valence-electron chi connectivity index (χ1n) is 5.40. The predicted molar refractivity (Wildman–Crippen MR) is 60.8 cm³/mol. The molecule has 0 spiro atoms. The Balaban J connectivity index is 4.95. The monoisotopic (exact) mass is 354 g/mol. The van der Waals surface area contributed by atoms with Gasteiger partial charge >= 0.3 is 106 Å². The van der Waals surface area contributed by atoms with Crippen LogP contribution in [0.15, 0.2) is 0 Å². The fourth-order valence-electron chi connectivity index (χ4n) is 1.27. The van der Waals surface area contributed by atoms with Crippen LogP contribution in [-0.4, -0.2) is 37.5 Å². The van der Waals surface area contributed by atoms with Crippen LogP contribution in [0.4, 0.5) is 0 Å². The van der Waals surface area contributed by atoms with E-state index < -0.39 is 37.5 Å². The van der Waals surface area contributed by atoms with Crippen LogP contribution in [0.3, 0.4) is 0 Å². The Labute approximate surface area is 106 Å². The van der Waals surface area contributed by atoms with Crippen molar-refractivity contribution in [3.63, 3.8) is 0 Å². The maximum atomic E-state index is 11.0. The van der Waals surface area contributed by atoms with E-state index in [1.807, 2.05) is 6.92 Å². The molecule has 0 bridgehead atoms. The molecule has 0 aliphatic rings. The van der Waals surface area contributed by atoms with Crippen LogP contribution in [0.25, 0.3) is 0 Å².